The molecule has 0 atom stereocenters. The number of rotatable bonds is 0. The maximum atomic E-state index is 8.81. The fourth-order valence-corrected chi connectivity index (χ4v) is 0.385. The standard InChI is InChI=1S/C6H6.C2H4O.C2H6/c1-2-4-6-5-3-1;1-2-3;1-2/h1-6H;2H,1H3;1-2H3. The Labute approximate surface area is 69.1 Å². The zero-order valence-electron chi connectivity index (χ0n) is 7.45. The van der Waals surface area contributed by atoms with Crippen molar-refractivity contribution in [2.24, 2.45) is 0 Å². The van der Waals surface area contributed by atoms with Gasteiger partial charge in [-0.2, -0.15) is 0 Å². The van der Waals surface area contributed by atoms with E-state index < -0.39 is 0 Å². The maximum absolute atomic E-state index is 8.81. The Morgan fingerprint density at radius 3 is 1.00 bits per heavy atom. The van der Waals surface area contributed by atoms with Gasteiger partial charge in [0.05, 0.1) is 0 Å². The van der Waals surface area contributed by atoms with Crippen molar-refractivity contribution in [3.05, 3.63) is 36.4 Å². The Balaban J connectivity index is 0. The highest BCUT2D eigenvalue weighted by molar-refractivity contribution is 5.44. The normalized spacial score (nSPS) is 6.09. The molecule has 1 heteroatoms. The van der Waals surface area contributed by atoms with Gasteiger partial charge < -0.3 is 4.79 Å². The van der Waals surface area contributed by atoms with Crippen LogP contribution in [0.3, 0.4) is 0 Å². The summed E-state index contributed by atoms with van der Waals surface area (Å²) in [5.41, 5.74) is 0. The van der Waals surface area contributed by atoms with E-state index in [0.717, 1.165) is 6.29 Å². The van der Waals surface area contributed by atoms with Crippen molar-refractivity contribution in [1.82, 2.24) is 0 Å². The lowest BCUT2D eigenvalue weighted by atomic mass is 10.4. The molecule has 0 saturated heterocycles. The third kappa shape index (κ3) is 17.6. The molecule has 0 heterocycles. The van der Waals surface area contributed by atoms with Crippen LogP contribution in [0.4, 0.5) is 0 Å². The third-order valence-corrected chi connectivity index (χ3v) is 0.667. The van der Waals surface area contributed by atoms with Crippen molar-refractivity contribution in [3.8, 4) is 0 Å². The van der Waals surface area contributed by atoms with Gasteiger partial charge in [0.15, 0.2) is 0 Å². The summed E-state index contributed by atoms with van der Waals surface area (Å²) in [6.07, 6.45) is 0.750. The second-order valence-electron chi connectivity index (χ2n) is 1.39. The van der Waals surface area contributed by atoms with Crippen LogP contribution in [0.5, 0.6) is 0 Å². The van der Waals surface area contributed by atoms with Crippen LogP contribution < -0.4 is 0 Å². The summed E-state index contributed by atoms with van der Waals surface area (Å²) in [5.74, 6) is 0. The molecule has 0 N–H and O–H groups in total. The van der Waals surface area contributed by atoms with Crippen LogP contribution in [-0.4, -0.2) is 6.29 Å². The second kappa shape index (κ2) is 16.0. The highest BCUT2D eigenvalue weighted by Gasteiger charge is 1.57. The van der Waals surface area contributed by atoms with E-state index >= 15 is 0 Å². The minimum absolute atomic E-state index is 0.750. The molecule has 0 aliphatic heterocycles. The van der Waals surface area contributed by atoms with Gasteiger partial charge in [-0.05, 0) is 6.92 Å². The summed E-state index contributed by atoms with van der Waals surface area (Å²) >= 11 is 0. The van der Waals surface area contributed by atoms with E-state index in [-0.39, 0.29) is 0 Å². The summed E-state index contributed by atoms with van der Waals surface area (Å²) in [6, 6.07) is 12.0. The molecule has 0 amide bonds. The van der Waals surface area contributed by atoms with Crippen LogP contribution in [0, 0.1) is 0 Å². The Morgan fingerprint density at radius 2 is 0.909 bits per heavy atom. The van der Waals surface area contributed by atoms with Gasteiger partial charge in [-0.25, -0.2) is 0 Å². The molecule has 0 saturated carbocycles. The van der Waals surface area contributed by atoms with Crippen molar-refractivity contribution < 1.29 is 4.79 Å². The second-order valence-corrected chi connectivity index (χ2v) is 1.39. The number of aldehydes is 1. The van der Waals surface area contributed by atoms with E-state index in [9.17, 15) is 0 Å². The predicted molar refractivity (Wildman–Crippen MR) is 49.5 cm³/mol. The van der Waals surface area contributed by atoms with Gasteiger partial charge in [0.25, 0.3) is 0 Å². The molecule has 1 nitrogen and oxygen atoms in total. The molecule has 1 aromatic rings. The molecule has 0 radical (unpaired) electrons. The molecule has 62 valence electrons. The van der Waals surface area contributed by atoms with E-state index in [1.807, 2.05) is 50.2 Å². The number of hydrogen-bond acceptors (Lipinski definition) is 1. The molecule has 0 fully saturated rings. The molecule has 0 aromatic heterocycles. The molecule has 0 bridgehead atoms. The minimum Gasteiger partial charge on any atom is -0.304 e. The topological polar surface area (TPSA) is 17.1 Å². The van der Waals surface area contributed by atoms with Gasteiger partial charge >= 0.3 is 0 Å². The van der Waals surface area contributed by atoms with Crippen LogP contribution in [0.1, 0.15) is 20.8 Å². The maximum Gasteiger partial charge on any atom is 0.116 e. The molecule has 1 aromatic carbocycles. The molecule has 0 unspecified atom stereocenters. The van der Waals surface area contributed by atoms with Crippen molar-refractivity contribution >= 4 is 6.29 Å². The van der Waals surface area contributed by atoms with Crippen molar-refractivity contribution in [1.29, 1.82) is 0 Å². The lowest BCUT2D eigenvalue weighted by molar-refractivity contribution is -0.106. The zero-order valence-corrected chi connectivity index (χ0v) is 7.45. The summed E-state index contributed by atoms with van der Waals surface area (Å²) < 4.78 is 0. The first kappa shape index (κ1) is 12.6. The predicted octanol–water partition coefficient (Wildman–Crippen LogP) is 2.92. The van der Waals surface area contributed by atoms with Crippen LogP contribution in [-0.2, 0) is 4.79 Å². The van der Waals surface area contributed by atoms with Gasteiger partial charge in [0, 0.05) is 0 Å². The number of benzene rings is 1. The lowest BCUT2D eigenvalue weighted by Gasteiger charge is -1.69. The summed E-state index contributed by atoms with van der Waals surface area (Å²) in [5, 5.41) is 0. The smallest absolute Gasteiger partial charge is 0.116 e. The van der Waals surface area contributed by atoms with Crippen LogP contribution in [0.2, 0.25) is 0 Å². The largest absolute Gasteiger partial charge is 0.304 e. The lowest BCUT2D eigenvalue weighted by Crippen LogP contribution is -1.47. The third-order valence-electron chi connectivity index (χ3n) is 0.667. The van der Waals surface area contributed by atoms with Crippen LogP contribution in [0.25, 0.3) is 0 Å². The van der Waals surface area contributed by atoms with Gasteiger partial charge in [-0.1, -0.05) is 50.2 Å². The molecule has 0 aliphatic carbocycles. The van der Waals surface area contributed by atoms with E-state index in [1.165, 1.54) is 6.92 Å². The van der Waals surface area contributed by atoms with Crippen molar-refractivity contribution in [2.75, 3.05) is 0 Å². The van der Waals surface area contributed by atoms with Crippen LogP contribution >= 0.6 is 0 Å². The Morgan fingerprint density at radius 1 is 0.818 bits per heavy atom. The van der Waals surface area contributed by atoms with Gasteiger partial charge in [-0.15, -0.1) is 0 Å². The Kier molecular flexibility index (Phi) is 18.2. The highest BCUT2D eigenvalue weighted by Crippen LogP contribution is 1.79. The van der Waals surface area contributed by atoms with Gasteiger partial charge in [0.1, 0.15) is 6.29 Å². The molecule has 11 heavy (non-hydrogen) atoms. The molecule has 0 aliphatic rings. The average Bonchev–Trinajstić information content (AvgIpc) is 2.12. The Hall–Kier alpha value is -1.11. The molecule has 1 rings (SSSR count). The fraction of sp³-hybridized carbons (Fsp3) is 0.300. The van der Waals surface area contributed by atoms with Crippen molar-refractivity contribution in [3.63, 3.8) is 0 Å². The van der Waals surface area contributed by atoms with Gasteiger partial charge in [0.2, 0.25) is 0 Å². The average molecular weight is 152 g/mol. The van der Waals surface area contributed by atoms with E-state index in [2.05, 4.69) is 0 Å². The Bertz CT molecular complexity index is 108. The number of hydrogen-bond donors (Lipinski definition) is 0. The van der Waals surface area contributed by atoms with Crippen LogP contribution in [0.15, 0.2) is 36.4 Å². The summed E-state index contributed by atoms with van der Waals surface area (Å²) in [4.78, 5) is 8.81. The highest BCUT2D eigenvalue weighted by atomic mass is 16.1. The van der Waals surface area contributed by atoms with E-state index in [0.29, 0.717) is 0 Å². The fourth-order valence-electron chi connectivity index (χ4n) is 0.385. The first-order chi connectivity index (χ1) is 5.41. The number of carbonyl (C=O) groups is 1. The van der Waals surface area contributed by atoms with E-state index in [4.69, 9.17) is 4.79 Å². The zero-order chi connectivity index (χ0) is 8.95. The van der Waals surface area contributed by atoms with E-state index in [1.54, 1.807) is 0 Å². The summed E-state index contributed by atoms with van der Waals surface area (Å²) in [7, 11) is 0. The molecular formula is C10H16O. The first-order valence-corrected chi connectivity index (χ1v) is 3.81. The monoisotopic (exact) mass is 152 g/mol. The molecule has 0 spiro atoms. The number of carbonyl (C=O) groups excluding carboxylic acids is 1. The minimum atomic E-state index is 0.750. The molecular weight excluding hydrogens is 136 g/mol. The summed E-state index contributed by atoms with van der Waals surface area (Å²) in [6.45, 7) is 5.44. The van der Waals surface area contributed by atoms with Crippen molar-refractivity contribution in [2.45, 2.75) is 20.8 Å². The first-order valence-electron chi connectivity index (χ1n) is 3.81. The quantitative estimate of drug-likeness (QED) is 0.522. The SMILES string of the molecule is CC.CC=O.c1ccccc1. The van der Waals surface area contributed by atoms with Gasteiger partial charge in [-0.3, -0.25) is 0 Å².